The molecule has 2 aliphatic rings. The molecule has 0 amide bonds. The SMILES string of the molecule is O=C(O)C1=C[C@@H](c2ccc3c(c2)-c2ccccc2C3)C[C@@H](OCc2ccc(CO)cc2)O1. The third kappa shape index (κ3) is 4.05. The Balaban J connectivity index is 1.37. The molecule has 0 spiro atoms. The van der Waals surface area contributed by atoms with Crippen molar-refractivity contribution in [2.75, 3.05) is 0 Å². The van der Waals surface area contributed by atoms with Crippen LogP contribution in [0, 0.1) is 0 Å². The number of aliphatic hydroxyl groups excluding tert-OH is 1. The highest BCUT2D eigenvalue weighted by molar-refractivity contribution is 5.84. The third-order valence-corrected chi connectivity index (χ3v) is 6.16. The molecule has 0 radical (unpaired) electrons. The van der Waals surface area contributed by atoms with Gasteiger partial charge in [0.1, 0.15) is 0 Å². The van der Waals surface area contributed by atoms with Crippen LogP contribution in [0.2, 0.25) is 0 Å². The maximum atomic E-state index is 11.7. The average molecular weight is 428 g/mol. The number of hydrogen-bond donors (Lipinski definition) is 2. The molecule has 1 heterocycles. The number of carboxylic acid groups (broad SMARTS) is 1. The molecular weight excluding hydrogens is 404 g/mol. The number of carboxylic acids is 1. The smallest absolute Gasteiger partial charge is 0.370 e. The van der Waals surface area contributed by atoms with Gasteiger partial charge in [0.05, 0.1) is 13.2 Å². The molecule has 3 aromatic rings. The zero-order valence-corrected chi connectivity index (χ0v) is 17.5. The first-order valence-corrected chi connectivity index (χ1v) is 10.7. The molecule has 0 aromatic heterocycles. The Morgan fingerprint density at radius 2 is 1.72 bits per heavy atom. The molecule has 0 fully saturated rings. The standard InChI is InChI=1S/C27H24O5/c28-15-17-5-7-18(8-6-17)16-31-26-14-22(13-25(32-26)27(29)30)19-9-10-21-11-20-3-1-2-4-23(20)24(21)12-19/h1-10,12-13,22,26,28H,11,14-16H2,(H,29,30)/t22-,26+/m1/s1. The molecular formula is C27H24O5. The fourth-order valence-electron chi connectivity index (χ4n) is 4.45. The summed E-state index contributed by atoms with van der Waals surface area (Å²) >= 11 is 0. The minimum Gasteiger partial charge on any atom is -0.475 e. The van der Waals surface area contributed by atoms with Crippen molar-refractivity contribution in [3.63, 3.8) is 0 Å². The second kappa shape index (κ2) is 8.61. The van der Waals surface area contributed by atoms with E-state index in [2.05, 4.69) is 42.5 Å². The Kier molecular flexibility index (Phi) is 5.52. The van der Waals surface area contributed by atoms with Gasteiger partial charge >= 0.3 is 5.97 Å². The Bertz CT molecular complexity index is 1180. The van der Waals surface area contributed by atoms with Crippen LogP contribution < -0.4 is 0 Å². The fourth-order valence-corrected chi connectivity index (χ4v) is 4.45. The second-order valence-corrected chi connectivity index (χ2v) is 8.26. The van der Waals surface area contributed by atoms with Gasteiger partial charge in [0.15, 0.2) is 0 Å². The van der Waals surface area contributed by atoms with Crippen LogP contribution in [0.5, 0.6) is 0 Å². The number of carbonyl (C=O) groups is 1. The van der Waals surface area contributed by atoms with Crippen molar-refractivity contribution < 1.29 is 24.5 Å². The Morgan fingerprint density at radius 3 is 2.50 bits per heavy atom. The number of hydrogen-bond acceptors (Lipinski definition) is 4. The van der Waals surface area contributed by atoms with Crippen molar-refractivity contribution >= 4 is 5.97 Å². The number of allylic oxidation sites excluding steroid dienone is 1. The van der Waals surface area contributed by atoms with Gasteiger partial charge in [-0.1, -0.05) is 66.7 Å². The van der Waals surface area contributed by atoms with E-state index in [4.69, 9.17) is 9.47 Å². The van der Waals surface area contributed by atoms with E-state index in [-0.39, 0.29) is 18.3 Å². The van der Waals surface area contributed by atoms with E-state index in [1.54, 1.807) is 6.08 Å². The fraction of sp³-hybridized carbons (Fsp3) is 0.222. The quantitative estimate of drug-likeness (QED) is 0.463. The molecule has 2 atom stereocenters. The lowest BCUT2D eigenvalue weighted by Crippen LogP contribution is -2.26. The van der Waals surface area contributed by atoms with E-state index in [0.29, 0.717) is 13.0 Å². The molecule has 32 heavy (non-hydrogen) atoms. The summed E-state index contributed by atoms with van der Waals surface area (Å²) in [6.07, 6.45) is 2.48. The van der Waals surface area contributed by atoms with Crippen molar-refractivity contribution in [2.45, 2.75) is 38.3 Å². The third-order valence-electron chi connectivity index (χ3n) is 6.16. The number of ether oxygens (including phenoxy) is 2. The van der Waals surface area contributed by atoms with E-state index in [1.807, 2.05) is 24.3 Å². The molecule has 1 aliphatic carbocycles. The first-order chi connectivity index (χ1) is 15.6. The molecule has 0 saturated carbocycles. The summed E-state index contributed by atoms with van der Waals surface area (Å²) in [4.78, 5) is 11.7. The molecule has 0 bridgehead atoms. The monoisotopic (exact) mass is 428 g/mol. The zero-order valence-electron chi connectivity index (χ0n) is 17.5. The van der Waals surface area contributed by atoms with Crippen LogP contribution in [0.1, 0.15) is 40.2 Å². The molecule has 5 heteroatoms. The molecule has 0 unspecified atom stereocenters. The lowest BCUT2D eigenvalue weighted by Gasteiger charge is -2.28. The minimum atomic E-state index is -1.10. The molecule has 5 rings (SSSR count). The Hall–Kier alpha value is -3.41. The lowest BCUT2D eigenvalue weighted by atomic mass is 9.90. The number of aliphatic hydroxyl groups is 1. The Morgan fingerprint density at radius 1 is 0.969 bits per heavy atom. The van der Waals surface area contributed by atoms with Crippen molar-refractivity contribution in [1.29, 1.82) is 0 Å². The minimum absolute atomic E-state index is 0.00737. The summed E-state index contributed by atoms with van der Waals surface area (Å²) in [6, 6.07) is 22.3. The molecule has 1 aliphatic heterocycles. The van der Waals surface area contributed by atoms with Crippen molar-refractivity contribution in [1.82, 2.24) is 0 Å². The van der Waals surface area contributed by atoms with Crippen LogP contribution in [0.15, 0.2) is 78.6 Å². The van der Waals surface area contributed by atoms with Gasteiger partial charge in [-0.15, -0.1) is 0 Å². The highest BCUT2D eigenvalue weighted by Gasteiger charge is 2.29. The zero-order chi connectivity index (χ0) is 22.1. The summed E-state index contributed by atoms with van der Waals surface area (Å²) < 4.78 is 11.5. The lowest BCUT2D eigenvalue weighted by molar-refractivity contribution is -0.159. The van der Waals surface area contributed by atoms with Crippen LogP contribution in [0.25, 0.3) is 11.1 Å². The first kappa shape index (κ1) is 20.5. The molecule has 3 aromatic carbocycles. The largest absolute Gasteiger partial charge is 0.475 e. The van der Waals surface area contributed by atoms with E-state index in [1.165, 1.54) is 22.3 Å². The highest BCUT2D eigenvalue weighted by atomic mass is 16.7. The summed E-state index contributed by atoms with van der Waals surface area (Å²) in [5, 5.41) is 18.8. The van der Waals surface area contributed by atoms with Gasteiger partial charge in [-0.05, 0) is 51.4 Å². The van der Waals surface area contributed by atoms with Crippen LogP contribution >= 0.6 is 0 Å². The number of benzene rings is 3. The van der Waals surface area contributed by atoms with Crippen LogP contribution in [-0.2, 0) is 33.9 Å². The summed E-state index contributed by atoms with van der Waals surface area (Å²) in [5.74, 6) is -1.29. The van der Waals surface area contributed by atoms with E-state index >= 15 is 0 Å². The maximum Gasteiger partial charge on any atom is 0.370 e. The van der Waals surface area contributed by atoms with Gasteiger partial charge in [0.2, 0.25) is 12.0 Å². The molecule has 0 saturated heterocycles. The first-order valence-electron chi connectivity index (χ1n) is 10.7. The van der Waals surface area contributed by atoms with E-state index in [0.717, 1.165) is 23.1 Å². The number of aliphatic carboxylic acids is 1. The topological polar surface area (TPSA) is 76.0 Å². The van der Waals surface area contributed by atoms with Gasteiger partial charge < -0.3 is 19.7 Å². The van der Waals surface area contributed by atoms with Crippen LogP contribution in [0.4, 0.5) is 0 Å². The maximum absolute atomic E-state index is 11.7. The van der Waals surface area contributed by atoms with Crippen LogP contribution in [0.3, 0.4) is 0 Å². The van der Waals surface area contributed by atoms with Gasteiger partial charge in [0, 0.05) is 12.3 Å². The van der Waals surface area contributed by atoms with Gasteiger partial charge in [-0.25, -0.2) is 4.79 Å². The summed E-state index contributed by atoms with van der Waals surface area (Å²) in [5.41, 5.74) is 7.91. The second-order valence-electron chi connectivity index (χ2n) is 8.26. The molecule has 2 N–H and O–H groups in total. The van der Waals surface area contributed by atoms with Crippen LogP contribution in [-0.4, -0.2) is 22.5 Å². The molecule has 162 valence electrons. The van der Waals surface area contributed by atoms with E-state index < -0.39 is 12.3 Å². The number of fused-ring (bicyclic) bond motifs is 3. The average Bonchev–Trinajstić information content (AvgIpc) is 3.21. The van der Waals surface area contributed by atoms with Gasteiger partial charge in [0.25, 0.3) is 0 Å². The van der Waals surface area contributed by atoms with Crippen molar-refractivity contribution in [2.24, 2.45) is 0 Å². The van der Waals surface area contributed by atoms with E-state index in [9.17, 15) is 15.0 Å². The normalized spacial score (nSPS) is 19.0. The van der Waals surface area contributed by atoms with Gasteiger partial charge in [-0.3, -0.25) is 0 Å². The predicted octanol–water partition coefficient (Wildman–Crippen LogP) is 4.77. The number of rotatable bonds is 6. The predicted molar refractivity (Wildman–Crippen MR) is 120 cm³/mol. The van der Waals surface area contributed by atoms with Crippen molar-refractivity contribution in [3.05, 3.63) is 106 Å². The van der Waals surface area contributed by atoms with Gasteiger partial charge in [-0.2, -0.15) is 0 Å². The molecule has 5 nitrogen and oxygen atoms in total. The Labute approximate surface area is 186 Å². The summed E-state index contributed by atoms with van der Waals surface area (Å²) in [6.45, 7) is 0.292. The summed E-state index contributed by atoms with van der Waals surface area (Å²) in [7, 11) is 0. The van der Waals surface area contributed by atoms with Crippen molar-refractivity contribution in [3.8, 4) is 11.1 Å². The highest BCUT2D eigenvalue weighted by Crippen LogP contribution is 2.40.